The lowest BCUT2D eigenvalue weighted by molar-refractivity contribution is -2.00. The van der Waals surface area contributed by atoms with Gasteiger partial charge in [0.15, 0.2) is 12.4 Å². The van der Waals surface area contributed by atoms with Crippen LogP contribution in [0, 0.1) is 10.2 Å². The summed E-state index contributed by atoms with van der Waals surface area (Å²) in [5, 5.41) is 2.52. The average Bonchev–Trinajstić information content (AvgIpc) is 2.64. The second kappa shape index (κ2) is 8.10. The summed E-state index contributed by atoms with van der Waals surface area (Å²) in [4.78, 5) is 2.12. The summed E-state index contributed by atoms with van der Waals surface area (Å²) in [5.41, 5.74) is 4.93. The molecular formula is C21H19ClN2O4. The normalized spacial score (nSPS) is 11.2. The van der Waals surface area contributed by atoms with E-state index in [-0.39, 0.29) is 0 Å². The Labute approximate surface area is 164 Å². The van der Waals surface area contributed by atoms with E-state index in [0.29, 0.717) is 0 Å². The van der Waals surface area contributed by atoms with Gasteiger partial charge in [-0.2, -0.15) is 4.40 Å². The molecule has 0 saturated heterocycles. The topological polar surface area (TPSA) is 99.6 Å². The van der Waals surface area contributed by atoms with Gasteiger partial charge in [-0.1, -0.05) is 18.2 Å². The molecular weight excluding hydrogens is 380 g/mol. The number of fused-ring (bicyclic) bond motifs is 2. The molecule has 0 bridgehead atoms. The van der Waals surface area contributed by atoms with Crippen molar-refractivity contribution in [1.82, 2.24) is 0 Å². The minimum Gasteiger partial charge on any atom is -0.378 e. The number of anilines is 1. The molecule has 0 radical (unpaired) electrons. The Bertz CT molecular complexity index is 1090. The zero-order valence-electron chi connectivity index (χ0n) is 15.4. The summed E-state index contributed by atoms with van der Waals surface area (Å²) in [7, 11) is -0.818. The molecule has 2 heterocycles. The number of pyridine rings is 2. The van der Waals surface area contributed by atoms with E-state index >= 15 is 0 Å². The molecule has 2 aromatic carbocycles. The lowest BCUT2D eigenvalue weighted by Gasteiger charge is -2.17. The molecule has 0 amide bonds. The van der Waals surface area contributed by atoms with Crippen molar-refractivity contribution in [2.75, 3.05) is 19.0 Å². The van der Waals surface area contributed by atoms with Crippen molar-refractivity contribution in [2.45, 2.75) is 0 Å². The van der Waals surface area contributed by atoms with Crippen LogP contribution in [0.1, 0.15) is 0 Å². The number of rotatable bonds is 2. The Morgan fingerprint density at radius 2 is 1.39 bits per heavy atom. The summed E-state index contributed by atoms with van der Waals surface area (Å²) in [6.07, 6.45) is 4.27. The number of hydrogen-bond acceptors (Lipinski definition) is 5. The summed E-state index contributed by atoms with van der Waals surface area (Å²) >= 11 is 0. The molecule has 4 aromatic rings. The maximum atomic E-state index is 8.49. The van der Waals surface area contributed by atoms with Crippen LogP contribution in [0.3, 0.4) is 0 Å². The van der Waals surface area contributed by atoms with Gasteiger partial charge in [0.25, 0.3) is 0 Å². The molecule has 0 unspecified atom stereocenters. The zero-order valence-corrected chi connectivity index (χ0v) is 16.2. The van der Waals surface area contributed by atoms with Crippen LogP contribution >= 0.6 is 0 Å². The molecule has 28 heavy (non-hydrogen) atoms. The van der Waals surface area contributed by atoms with E-state index in [1.165, 1.54) is 33.1 Å². The van der Waals surface area contributed by atoms with Crippen LogP contribution in [0.4, 0.5) is 5.69 Å². The Morgan fingerprint density at radius 3 is 2.04 bits per heavy atom. The quantitative estimate of drug-likeness (QED) is 0.336. The Kier molecular flexibility index (Phi) is 5.79. The molecule has 0 spiro atoms. The molecule has 0 saturated carbocycles. The van der Waals surface area contributed by atoms with Gasteiger partial charge in [0.05, 0.1) is 0 Å². The molecule has 0 N–H and O–H groups in total. The summed E-state index contributed by atoms with van der Waals surface area (Å²) in [6.45, 7) is 0. The van der Waals surface area contributed by atoms with Gasteiger partial charge in [0, 0.05) is 43.4 Å². The highest BCUT2D eigenvalue weighted by atomic mass is 35.7. The van der Waals surface area contributed by atoms with Crippen molar-refractivity contribution in [3.63, 3.8) is 0 Å². The average molecular weight is 399 g/mol. The van der Waals surface area contributed by atoms with E-state index < -0.39 is 10.2 Å². The highest BCUT2D eigenvalue weighted by molar-refractivity contribution is 5.88. The highest BCUT2D eigenvalue weighted by Gasteiger charge is 2.06. The van der Waals surface area contributed by atoms with Gasteiger partial charge in [0.2, 0.25) is 5.52 Å². The zero-order chi connectivity index (χ0) is 20.3. The lowest BCUT2D eigenvalue weighted by Crippen LogP contribution is -2.68. The minimum atomic E-state index is -4.94. The lowest BCUT2D eigenvalue weighted by atomic mass is 10.0. The third-order valence-electron chi connectivity index (χ3n) is 4.31. The number of nitrogens with zero attached hydrogens (tertiary/aromatic N) is 2. The van der Waals surface area contributed by atoms with Crippen LogP contribution in [0.25, 0.3) is 27.4 Å². The Balaban J connectivity index is 0.000000403. The van der Waals surface area contributed by atoms with Gasteiger partial charge >= 0.3 is 0 Å². The second-order valence-corrected chi connectivity index (χ2v) is 7.23. The molecule has 0 aliphatic rings. The first-order valence-corrected chi connectivity index (χ1v) is 9.67. The molecule has 144 valence electrons. The number of benzene rings is 2. The fraction of sp³-hybridized carbons (Fsp3) is 0.0952. The van der Waals surface area contributed by atoms with Crippen LogP contribution in [0.2, 0.25) is 0 Å². The van der Waals surface area contributed by atoms with E-state index in [4.69, 9.17) is 18.6 Å². The monoisotopic (exact) mass is 398 g/mol. The predicted molar refractivity (Wildman–Crippen MR) is 96.9 cm³/mol. The number of halogens is 1. The van der Waals surface area contributed by atoms with Crippen molar-refractivity contribution in [2.24, 2.45) is 0 Å². The molecule has 6 nitrogen and oxygen atoms in total. The SMILES string of the molecule is CN(C)c1ccc(-c2ccc3c[n+]4ccccc4cc3c2)cc1.[O-][Cl+3]([O-])([O-])[O-]. The first-order valence-electron chi connectivity index (χ1n) is 8.44. The van der Waals surface area contributed by atoms with Crippen molar-refractivity contribution in [1.29, 1.82) is 0 Å². The number of hydrogen-bond donors (Lipinski definition) is 0. The van der Waals surface area contributed by atoms with E-state index in [9.17, 15) is 0 Å². The standard InChI is InChI=1S/C21H19N2.ClHO4/c1-22(2)20-10-8-16(9-11-20)17-6-7-18-15-23-12-4-3-5-21(23)14-19(18)13-17;2-1(3,4)5/h3-15H,1-2H3;(H,2,3,4,5)/q+1;/p-1. The third-order valence-corrected chi connectivity index (χ3v) is 4.31. The number of aromatic nitrogens is 1. The first kappa shape index (κ1) is 20.0. The van der Waals surface area contributed by atoms with Gasteiger partial charge in [-0.25, -0.2) is 18.6 Å². The molecule has 4 rings (SSSR count). The fourth-order valence-corrected chi connectivity index (χ4v) is 2.97. The van der Waals surface area contributed by atoms with Gasteiger partial charge < -0.3 is 4.90 Å². The summed E-state index contributed by atoms with van der Waals surface area (Å²) < 4.78 is 36.1. The smallest absolute Gasteiger partial charge is 0.211 e. The minimum absolute atomic E-state index is 1.21. The largest absolute Gasteiger partial charge is 0.378 e. The second-order valence-electron chi connectivity index (χ2n) is 6.47. The van der Waals surface area contributed by atoms with Crippen molar-refractivity contribution < 1.29 is 33.3 Å². The first-order chi connectivity index (χ1) is 13.2. The molecule has 0 aliphatic heterocycles. The summed E-state index contributed by atoms with van der Waals surface area (Å²) in [6, 6.07) is 23.9. The van der Waals surface area contributed by atoms with E-state index in [1.807, 2.05) is 0 Å². The van der Waals surface area contributed by atoms with Gasteiger partial charge in [0.1, 0.15) is 0 Å². The fourth-order valence-electron chi connectivity index (χ4n) is 2.97. The van der Waals surface area contributed by atoms with Crippen LogP contribution in [0.5, 0.6) is 0 Å². The van der Waals surface area contributed by atoms with Crippen molar-refractivity contribution >= 4 is 22.0 Å². The van der Waals surface area contributed by atoms with Crippen LogP contribution in [0.15, 0.2) is 79.1 Å². The molecule has 7 heteroatoms. The van der Waals surface area contributed by atoms with Crippen molar-refractivity contribution in [3.05, 3.63) is 79.1 Å². The van der Waals surface area contributed by atoms with Gasteiger partial charge in [-0.3, -0.25) is 0 Å². The molecule has 0 atom stereocenters. The highest BCUT2D eigenvalue weighted by Crippen LogP contribution is 2.26. The maximum absolute atomic E-state index is 8.49. The van der Waals surface area contributed by atoms with E-state index in [2.05, 4.69) is 103 Å². The van der Waals surface area contributed by atoms with Gasteiger partial charge in [-0.15, -0.1) is 10.2 Å². The van der Waals surface area contributed by atoms with Gasteiger partial charge in [-0.05, 0) is 46.8 Å². The Hall–Kier alpha value is -2.74. The molecule has 2 aromatic heterocycles. The van der Waals surface area contributed by atoms with E-state index in [1.54, 1.807) is 0 Å². The maximum Gasteiger partial charge on any atom is 0.211 e. The van der Waals surface area contributed by atoms with Crippen LogP contribution in [-0.4, -0.2) is 14.1 Å². The predicted octanol–water partition coefficient (Wildman–Crippen LogP) is -0.444. The van der Waals surface area contributed by atoms with Crippen molar-refractivity contribution in [3.8, 4) is 11.1 Å². The van der Waals surface area contributed by atoms with Crippen LogP contribution in [-0.2, 0) is 0 Å². The Morgan fingerprint density at radius 1 is 0.750 bits per heavy atom. The molecule has 0 aliphatic carbocycles. The van der Waals surface area contributed by atoms with Crippen LogP contribution < -0.4 is 27.9 Å². The summed E-state index contributed by atoms with van der Waals surface area (Å²) in [5.74, 6) is 0. The van der Waals surface area contributed by atoms with E-state index in [0.717, 1.165) is 0 Å². The third kappa shape index (κ3) is 5.16. The molecule has 0 fully saturated rings.